The average molecular weight is 219 g/mol. The van der Waals surface area contributed by atoms with E-state index in [2.05, 4.69) is 0 Å². The first-order valence-electron chi connectivity index (χ1n) is 4.31. The molecule has 1 aliphatic heterocycles. The average Bonchev–Trinajstić information content (AvgIpc) is 2.43. The van der Waals surface area contributed by atoms with Crippen molar-refractivity contribution in [2.24, 2.45) is 0 Å². The fourth-order valence-electron chi connectivity index (χ4n) is 1.50. The first-order valence-corrected chi connectivity index (χ1v) is 6.14. The highest BCUT2D eigenvalue weighted by atomic mass is 32.2. The zero-order valence-electron chi connectivity index (χ0n) is 8.19. The second-order valence-electron chi connectivity index (χ2n) is 3.53. The molecule has 1 atom stereocenters. The van der Waals surface area contributed by atoms with Crippen LogP contribution in [-0.4, -0.2) is 49.6 Å². The van der Waals surface area contributed by atoms with E-state index in [-0.39, 0.29) is 17.5 Å². The highest BCUT2D eigenvalue weighted by Crippen LogP contribution is 2.16. The fraction of sp³-hybridized carbons (Fsp3) is 0.750. The van der Waals surface area contributed by atoms with Gasteiger partial charge in [0.2, 0.25) is 5.78 Å². The van der Waals surface area contributed by atoms with Crippen LogP contribution in [0.2, 0.25) is 0 Å². The Balaban J connectivity index is 2.69. The Bertz CT molecular complexity index is 360. The third-order valence-electron chi connectivity index (χ3n) is 2.38. The Hall–Kier alpha value is -0.910. The summed E-state index contributed by atoms with van der Waals surface area (Å²) in [7, 11) is -1.54. The molecule has 1 fully saturated rings. The van der Waals surface area contributed by atoms with E-state index < -0.39 is 21.5 Å². The minimum absolute atomic E-state index is 0.0253. The zero-order chi connectivity index (χ0) is 10.9. The summed E-state index contributed by atoms with van der Waals surface area (Å²) in [4.78, 5) is 23.2. The van der Waals surface area contributed by atoms with E-state index in [0.717, 1.165) is 0 Å². The van der Waals surface area contributed by atoms with Crippen molar-refractivity contribution < 1.29 is 18.0 Å². The van der Waals surface area contributed by atoms with Gasteiger partial charge in [-0.05, 0) is 6.42 Å². The Labute approximate surface area is 83.0 Å². The van der Waals surface area contributed by atoms with Crippen LogP contribution in [0.25, 0.3) is 0 Å². The SMILES string of the molecule is CC(=O)C(=O)N(C)C1CCS(=O)(=O)C1. The molecule has 0 spiro atoms. The number of hydrogen-bond acceptors (Lipinski definition) is 4. The number of rotatable bonds is 2. The number of amides is 1. The molecule has 0 aromatic heterocycles. The Morgan fingerprint density at radius 2 is 1.93 bits per heavy atom. The van der Waals surface area contributed by atoms with Gasteiger partial charge < -0.3 is 4.90 Å². The summed E-state index contributed by atoms with van der Waals surface area (Å²) in [6.07, 6.45) is 0.428. The molecule has 1 unspecified atom stereocenters. The number of carbonyl (C=O) groups excluding carboxylic acids is 2. The van der Waals surface area contributed by atoms with E-state index in [1.807, 2.05) is 0 Å². The summed E-state index contributed by atoms with van der Waals surface area (Å²) in [5.41, 5.74) is 0. The summed E-state index contributed by atoms with van der Waals surface area (Å²) >= 11 is 0. The van der Waals surface area contributed by atoms with Crippen LogP contribution in [0.3, 0.4) is 0 Å². The smallest absolute Gasteiger partial charge is 0.289 e. The maximum atomic E-state index is 11.2. The fourth-order valence-corrected chi connectivity index (χ4v) is 3.27. The third kappa shape index (κ3) is 2.31. The van der Waals surface area contributed by atoms with Crippen molar-refractivity contribution in [2.45, 2.75) is 19.4 Å². The molecule has 14 heavy (non-hydrogen) atoms. The second-order valence-corrected chi connectivity index (χ2v) is 5.76. The maximum Gasteiger partial charge on any atom is 0.289 e. The van der Waals surface area contributed by atoms with Gasteiger partial charge in [-0.25, -0.2) is 8.42 Å². The lowest BCUT2D eigenvalue weighted by Crippen LogP contribution is -2.40. The molecular formula is C8H13NO4S. The number of nitrogens with zero attached hydrogens (tertiary/aromatic N) is 1. The lowest BCUT2D eigenvalue weighted by atomic mass is 10.2. The van der Waals surface area contributed by atoms with Crippen molar-refractivity contribution in [3.8, 4) is 0 Å². The molecule has 1 rings (SSSR count). The van der Waals surface area contributed by atoms with E-state index in [1.165, 1.54) is 18.9 Å². The molecule has 0 aromatic rings. The van der Waals surface area contributed by atoms with Gasteiger partial charge in [-0.3, -0.25) is 9.59 Å². The number of ketones is 1. The molecule has 1 saturated heterocycles. The summed E-state index contributed by atoms with van der Waals surface area (Å²) in [6.45, 7) is 1.18. The largest absolute Gasteiger partial charge is 0.335 e. The molecule has 0 saturated carbocycles. The Morgan fingerprint density at radius 3 is 2.29 bits per heavy atom. The van der Waals surface area contributed by atoms with Gasteiger partial charge in [0.25, 0.3) is 5.91 Å². The lowest BCUT2D eigenvalue weighted by molar-refractivity contribution is -0.143. The van der Waals surface area contributed by atoms with Gasteiger partial charge in [0.1, 0.15) is 0 Å². The number of carbonyl (C=O) groups is 2. The molecule has 0 aliphatic carbocycles. The van der Waals surface area contributed by atoms with Crippen LogP contribution in [0.5, 0.6) is 0 Å². The first-order chi connectivity index (χ1) is 6.33. The molecule has 0 bridgehead atoms. The minimum atomic E-state index is -3.00. The summed E-state index contributed by atoms with van der Waals surface area (Å²) < 4.78 is 22.2. The predicted octanol–water partition coefficient (Wildman–Crippen LogP) is -0.779. The monoisotopic (exact) mass is 219 g/mol. The molecule has 0 aromatic carbocycles. The van der Waals surface area contributed by atoms with Gasteiger partial charge in [-0.2, -0.15) is 0 Å². The van der Waals surface area contributed by atoms with Crippen LogP contribution in [-0.2, 0) is 19.4 Å². The van der Waals surface area contributed by atoms with Crippen LogP contribution >= 0.6 is 0 Å². The quantitative estimate of drug-likeness (QED) is 0.571. The molecule has 0 N–H and O–H groups in total. The summed E-state index contributed by atoms with van der Waals surface area (Å²) in [5.74, 6) is -1.10. The molecular weight excluding hydrogens is 206 g/mol. The molecule has 0 radical (unpaired) electrons. The number of likely N-dealkylation sites (N-methyl/N-ethyl adjacent to an activating group) is 1. The standard InChI is InChI=1S/C8H13NO4S/c1-6(10)8(11)9(2)7-3-4-14(12,13)5-7/h7H,3-5H2,1-2H3. The first kappa shape index (κ1) is 11.2. The van der Waals surface area contributed by atoms with E-state index in [1.54, 1.807) is 0 Å². The molecule has 1 heterocycles. The molecule has 80 valence electrons. The minimum Gasteiger partial charge on any atom is -0.335 e. The van der Waals surface area contributed by atoms with E-state index in [0.29, 0.717) is 6.42 Å². The zero-order valence-corrected chi connectivity index (χ0v) is 9.00. The highest BCUT2D eigenvalue weighted by molar-refractivity contribution is 7.91. The normalized spacial score (nSPS) is 24.6. The van der Waals surface area contributed by atoms with Gasteiger partial charge >= 0.3 is 0 Å². The van der Waals surface area contributed by atoms with Crippen molar-refractivity contribution in [1.29, 1.82) is 0 Å². The highest BCUT2D eigenvalue weighted by Gasteiger charge is 2.33. The van der Waals surface area contributed by atoms with Crippen molar-refractivity contribution in [2.75, 3.05) is 18.6 Å². The predicted molar refractivity (Wildman–Crippen MR) is 50.5 cm³/mol. The lowest BCUT2D eigenvalue weighted by Gasteiger charge is -2.21. The topological polar surface area (TPSA) is 71.5 Å². The summed E-state index contributed by atoms with van der Waals surface area (Å²) in [5, 5.41) is 0. The van der Waals surface area contributed by atoms with Gasteiger partial charge in [-0.15, -0.1) is 0 Å². The van der Waals surface area contributed by atoms with Gasteiger partial charge in [0.15, 0.2) is 9.84 Å². The Morgan fingerprint density at radius 1 is 1.36 bits per heavy atom. The number of hydrogen-bond donors (Lipinski definition) is 0. The third-order valence-corrected chi connectivity index (χ3v) is 4.13. The molecule has 6 heteroatoms. The molecule has 1 aliphatic rings. The van der Waals surface area contributed by atoms with Gasteiger partial charge in [0.05, 0.1) is 11.5 Å². The molecule has 5 nitrogen and oxygen atoms in total. The van der Waals surface area contributed by atoms with Crippen molar-refractivity contribution in [3.05, 3.63) is 0 Å². The van der Waals surface area contributed by atoms with Crippen LogP contribution in [0.15, 0.2) is 0 Å². The summed E-state index contributed by atoms with van der Waals surface area (Å²) in [6, 6.07) is -0.337. The number of sulfone groups is 1. The van der Waals surface area contributed by atoms with Crippen molar-refractivity contribution >= 4 is 21.5 Å². The van der Waals surface area contributed by atoms with E-state index in [9.17, 15) is 18.0 Å². The second kappa shape index (κ2) is 3.68. The van der Waals surface area contributed by atoms with Crippen molar-refractivity contribution in [1.82, 2.24) is 4.90 Å². The van der Waals surface area contributed by atoms with Crippen molar-refractivity contribution in [3.63, 3.8) is 0 Å². The van der Waals surface area contributed by atoms with Crippen LogP contribution in [0.4, 0.5) is 0 Å². The molecule has 1 amide bonds. The van der Waals surface area contributed by atoms with E-state index >= 15 is 0 Å². The van der Waals surface area contributed by atoms with Crippen LogP contribution in [0.1, 0.15) is 13.3 Å². The maximum absolute atomic E-state index is 11.2. The van der Waals surface area contributed by atoms with Gasteiger partial charge in [-0.1, -0.05) is 0 Å². The Kier molecular flexibility index (Phi) is 2.94. The van der Waals surface area contributed by atoms with Gasteiger partial charge in [0, 0.05) is 20.0 Å². The number of Topliss-reactive ketones (excluding diaryl/α,β-unsaturated/α-hetero) is 1. The van der Waals surface area contributed by atoms with Crippen LogP contribution in [0, 0.1) is 0 Å². The van der Waals surface area contributed by atoms with Crippen LogP contribution < -0.4 is 0 Å². The van der Waals surface area contributed by atoms with E-state index in [4.69, 9.17) is 0 Å².